The summed E-state index contributed by atoms with van der Waals surface area (Å²) < 4.78 is 2.17. The van der Waals surface area contributed by atoms with Gasteiger partial charge in [-0.3, -0.25) is 0 Å². The smallest absolute Gasteiger partial charge is 0.0503 e. The molecule has 4 heteroatoms. The van der Waals surface area contributed by atoms with Gasteiger partial charge in [-0.25, -0.2) is 0 Å². The first-order valence-electron chi connectivity index (χ1n) is 5.28. The van der Waals surface area contributed by atoms with Crippen molar-refractivity contribution < 1.29 is 5.11 Å². The molecule has 0 fully saturated rings. The van der Waals surface area contributed by atoms with E-state index < -0.39 is 0 Å². The van der Waals surface area contributed by atoms with E-state index in [2.05, 4.69) is 55.4 Å². The number of rotatable bonds is 4. The number of hydrogen-bond donors (Lipinski definition) is 1. The predicted molar refractivity (Wildman–Crippen MR) is 79.7 cm³/mol. The molecule has 1 aromatic heterocycles. The van der Waals surface area contributed by atoms with Gasteiger partial charge in [0.1, 0.15) is 0 Å². The van der Waals surface area contributed by atoms with Crippen LogP contribution in [0.15, 0.2) is 44.7 Å². The van der Waals surface area contributed by atoms with Crippen molar-refractivity contribution in [2.75, 3.05) is 6.61 Å². The van der Waals surface area contributed by atoms with Crippen LogP contribution in [0.1, 0.15) is 16.4 Å². The van der Waals surface area contributed by atoms with E-state index in [1.807, 2.05) is 12.1 Å². The van der Waals surface area contributed by atoms with E-state index in [4.69, 9.17) is 0 Å². The molecule has 1 N–H and O–H groups in total. The maximum atomic E-state index is 9.52. The molecule has 1 heterocycles. The molecule has 0 spiro atoms. The van der Waals surface area contributed by atoms with E-state index in [0.717, 1.165) is 15.4 Å². The average molecular weight is 376 g/mol. The van der Waals surface area contributed by atoms with E-state index in [9.17, 15) is 5.11 Å². The zero-order valence-electron chi connectivity index (χ0n) is 9.07. The molecule has 1 atom stereocenters. The third-order valence-electron chi connectivity index (χ3n) is 2.61. The second-order valence-electron chi connectivity index (χ2n) is 3.87. The topological polar surface area (TPSA) is 20.2 Å². The summed E-state index contributed by atoms with van der Waals surface area (Å²) in [7, 11) is 0. The monoisotopic (exact) mass is 374 g/mol. The van der Waals surface area contributed by atoms with Crippen LogP contribution in [0.25, 0.3) is 0 Å². The molecule has 0 amide bonds. The Morgan fingerprint density at radius 3 is 2.59 bits per heavy atom. The average Bonchev–Trinajstić information content (AvgIpc) is 2.72. The Hall–Kier alpha value is -0.160. The minimum Gasteiger partial charge on any atom is -0.396 e. The molecule has 0 radical (unpaired) electrons. The number of aliphatic hydroxyl groups excluding tert-OH is 1. The van der Waals surface area contributed by atoms with Crippen LogP contribution in [-0.2, 0) is 6.42 Å². The van der Waals surface area contributed by atoms with Crippen LogP contribution in [0.3, 0.4) is 0 Å². The van der Waals surface area contributed by atoms with Gasteiger partial charge in [-0.2, -0.15) is 0 Å². The largest absolute Gasteiger partial charge is 0.396 e. The van der Waals surface area contributed by atoms with Crippen LogP contribution in [0.5, 0.6) is 0 Å². The fourth-order valence-corrected chi connectivity index (χ4v) is 3.70. The van der Waals surface area contributed by atoms with Crippen LogP contribution in [0.4, 0.5) is 0 Å². The molecule has 2 rings (SSSR count). The quantitative estimate of drug-likeness (QED) is 0.828. The highest BCUT2D eigenvalue weighted by molar-refractivity contribution is 9.10. The van der Waals surface area contributed by atoms with Gasteiger partial charge in [0.25, 0.3) is 0 Å². The minimum absolute atomic E-state index is 0.165. The van der Waals surface area contributed by atoms with Crippen molar-refractivity contribution in [1.82, 2.24) is 0 Å². The van der Waals surface area contributed by atoms with Crippen LogP contribution in [0.2, 0.25) is 0 Å². The van der Waals surface area contributed by atoms with Crippen molar-refractivity contribution >= 4 is 43.2 Å². The first kappa shape index (κ1) is 13.3. The molecule has 0 bridgehead atoms. The number of hydrogen-bond acceptors (Lipinski definition) is 2. The van der Waals surface area contributed by atoms with Crippen LogP contribution >= 0.6 is 43.2 Å². The van der Waals surface area contributed by atoms with E-state index in [-0.39, 0.29) is 12.5 Å². The van der Waals surface area contributed by atoms with Gasteiger partial charge in [0.15, 0.2) is 0 Å². The molecule has 0 aliphatic heterocycles. The maximum absolute atomic E-state index is 9.52. The minimum atomic E-state index is 0.165. The second-order valence-corrected chi connectivity index (χ2v) is 6.70. The van der Waals surface area contributed by atoms with Crippen molar-refractivity contribution in [1.29, 1.82) is 0 Å². The first-order valence-corrected chi connectivity index (χ1v) is 7.75. The molecular weight excluding hydrogens is 364 g/mol. The van der Waals surface area contributed by atoms with Crippen molar-refractivity contribution in [3.63, 3.8) is 0 Å². The van der Waals surface area contributed by atoms with E-state index in [1.165, 1.54) is 10.4 Å². The zero-order valence-corrected chi connectivity index (χ0v) is 13.1. The Kier molecular flexibility index (Phi) is 4.79. The summed E-state index contributed by atoms with van der Waals surface area (Å²) in [6.07, 6.45) is 0.878. The van der Waals surface area contributed by atoms with Gasteiger partial charge in [0, 0.05) is 25.1 Å². The lowest BCUT2D eigenvalue weighted by Crippen LogP contribution is -2.06. The van der Waals surface area contributed by atoms with E-state index in [1.54, 1.807) is 11.3 Å². The number of thiophene rings is 1. The first-order chi connectivity index (χ1) is 8.19. The summed E-state index contributed by atoms with van der Waals surface area (Å²) in [5, 5.41) is 11.6. The van der Waals surface area contributed by atoms with Crippen LogP contribution in [-0.4, -0.2) is 11.7 Å². The highest BCUT2D eigenvalue weighted by Gasteiger charge is 2.12. The van der Waals surface area contributed by atoms with Gasteiger partial charge in [-0.05, 0) is 46.1 Å². The lowest BCUT2D eigenvalue weighted by Gasteiger charge is -2.13. The van der Waals surface area contributed by atoms with Gasteiger partial charge in [0.2, 0.25) is 0 Å². The maximum Gasteiger partial charge on any atom is 0.0503 e. The lowest BCUT2D eigenvalue weighted by atomic mass is 9.96. The molecular formula is C13H12Br2OS. The van der Waals surface area contributed by atoms with E-state index >= 15 is 0 Å². The summed E-state index contributed by atoms with van der Waals surface area (Å²) in [6.45, 7) is 0.173. The fraction of sp³-hybridized carbons (Fsp3) is 0.231. The predicted octanol–water partition coefficient (Wildman–Crippen LogP) is 4.59. The normalized spacial score (nSPS) is 12.6. The molecule has 90 valence electrons. The highest BCUT2D eigenvalue weighted by atomic mass is 79.9. The summed E-state index contributed by atoms with van der Waals surface area (Å²) in [6, 6.07) is 10.3. The van der Waals surface area contributed by atoms with Crippen molar-refractivity contribution in [2.24, 2.45) is 0 Å². The Balaban J connectivity index is 2.16. The molecule has 1 unspecified atom stereocenters. The van der Waals surface area contributed by atoms with Crippen molar-refractivity contribution in [3.8, 4) is 0 Å². The van der Waals surface area contributed by atoms with Gasteiger partial charge < -0.3 is 5.11 Å². The highest BCUT2D eigenvalue weighted by Crippen LogP contribution is 2.27. The molecule has 17 heavy (non-hydrogen) atoms. The lowest BCUT2D eigenvalue weighted by molar-refractivity contribution is 0.265. The number of aliphatic hydroxyl groups is 1. The molecule has 0 saturated carbocycles. The summed E-state index contributed by atoms with van der Waals surface area (Å²) >= 11 is 8.64. The molecule has 0 aliphatic carbocycles. The van der Waals surface area contributed by atoms with Gasteiger partial charge in [0.05, 0.1) is 6.61 Å². The summed E-state index contributed by atoms with van der Waals surface area (Å²) in [4.78, 5) is 1.29. The number of benzene rings is 1. The Labute approximate surface area is 122 Å². The molecule has 2 aromatic rings. The molecule has 1 nitrogen and oxygen atoms in total. The standard InChI is InChI=1S/C13H12Br2OS/c14-11-3-1-2-9(4-11)10(7-16)5-13-6-12(15)8-17-13/h1-4,6,8,10,16H,5,7H2. The van der Waals surface area contributed by atoms with Crippen LogP contribution in [0, 0.1) is 0 Å². The number of halogens is 2. The Morgan fingerprint density at radius 2 is 2.00 bits per heavy atom. The third-order valence-corrected chi connectivity index (χ3v) is 4.82. The van der Waals surface area contributed by atoms with Gasteiger partial charge >= 0.3 is 0 Å². The Morgan fingerprint density at radius 1 is 1.18 bits per heavy atom. The third kappa shape index (κ3) is 3.65. The SMILES string of the molecule is OCC(Cc1cc(Br)cs1)c1cccc(Br)c1. The molecule has 0 aliphatic rings. The van der Waals surface area contributed by atoms with Crippen molar-refractivity contribution in [3.05, 3.63) is 55.1 Å². The second kappa shape index (κ2) is 6.14. The van der Waals surface area contributed by atoms with Gasteiger partial charge in [-0.1, -0.05) is 28.1 Å². The molecule has 1 aromatic carbocycles. The Bertz CT molecular complexity index is 496. The van der Waals surface area contributed by atoms with Crippen molar-refractivity contribution in [2.45, 2.75) is 12.3 Å². The van der Waals surface area contributed by atoms with Gasteiger partial charge in [-0.15, -0.1) is 11.3 Å². The molecule has 0 saturated heterocycles. The summed E-state index contributed by atoms with van der Waals surface area (Å²) in [5.74, 6) is 0.165. The zero-order chi connectivity index (χ0) is 12.3. The van der Waals surface area contributed by atoms with Crippen LogP contribution < -0.4 is 0 Å². The summed E-state index contributed by atoms with van der Waals surface area (Å²) in [5.41, 5.74) is 1.17. The fourth-order valence-electron chi connectivity index (χ4n) is 1.75. The van der Waals surface area contributed by atoms with E-state index in [0.29, 0.717) is 0 Å².